The molecule has 0 bridgehead atoms. The van der Waals surface area contributed by atoms with E-state index in [2.05, 4.69) is 58.0 Å². The Morgan fingerprint density at radius 3 is 1.69 bits per heavy atom. The van der Waals surface area contributed by atoms with E-state index in [1.165, 1.54) is 12.2 Å². The van der Waals surface area contributed by atoms with E-state index in [9.17, 15) is 9.46 Å². The van der Waals surface area contributed by atoms with Gasteiger partial charge in [-0.2, -0.15) is 0 Å². The molecule has 0 saturated heterocycles. The molecule has 3 nitrogen and oxygen atoms in total. The summed E-state index contributed by atoms with van der Waals surface area (Å²) in [7, 11) is -3.69. The molecule has 0 spiro atoms. The van der Waals surface area contributed by atoms with Crippen molar-refractivity contribution in [1.29, 1.82) is 0 Å². The molecule has 3 rings (SSSR count). The summed E-state index contributed by atoms with van der Waals surface area (Å²) in [6, 6.07) is 26.4. The Morgan fingerprint density at radius 1 is 0.724 bits per heavy atom. The Labute approximate surface area is 173 Å². The highest BCUT2D eigenvalue weighted by Crippen LogP contribution is 2.46. The SMILES string of the molecule is CC(C)(c1ccccc1)c1ccc(OP(C)(=O)O)c(C(C)(C)c2ccccc2)c1. The summed E-state index contributed by atoms with van der Waals surface area (Å²) in [6.07, 6.45) is 0. The van der Waals surface area contributed by atoms with Gasteiger partial charge in [0.05, 0.1) is 0 Å². The van der Waals surface area contributed by atoms with Crippen LogP contribution in [0.3, 0.4) is 0 Å². The highest BCUT2D eigenvalue weighted by Gasteiger charge is 2.31. The lowest BCUT2D eigenvalue weighted by atomic mass is 9.73. The van der Waals surface area contributed by atoms with Crippen molar-refractivity contribution in [3.8, 4) is 5.75 Å². The van der Waals surface area contributed by atoms with Gasteiger partial charge in [-0.05, 0) is 22.8 Å². The van der Waals surface area contributed by atoms with Crippen molar-refractivity contribution < 1.29 is 14.0 Å². The van der Waals surface area contributed by atoms with Gasteiger partial charge in [-0.3, -0.25) is 0 Å². The van der Waals surface area contributed by atoms with Crippen LogP contribution >= 0.6 is 7.60 Å². The number of rotatable bonds is 6. The number of hydrogen-bond donors (Lipinski definition) is 1. The van der Waals surface area contributed by atoms with E-state index in [1.54, 1.807) is 0 Å². The molecule has 0 amide bonds. The first-order chi connectivity index (χ1) is 13.5. The molecule has 3 aromatic rings. The Morgan fingerprint density at radius 2 is 1.21 bits per heavy atom. The Bertz CT molecular complexity index is 1020. The summed E-state index contributed by atoms with van der Waals surface area (Å²) < 4.78 is 17.6. The minimum absolute atomic E-state index is 0.226. The normalized spacial score (nSPS) is 14.3. The molecule has 1 unspecified atom stereocenters. The highest BCUT2D eigenvalue weighted by atomic mass is 31.2. The third-order valence-electron chi connectivity index (χ3n) is 5.63. The third-order valence-corrected chi connectivity index (χ3v) is 6.17. The molecule has 0 saturated carbocycles. The minimum Gasteiger partial charge on any atom is -0.424 e. The van der Waals surface area contributed by atoms with Gasteiger partial charge in [0.15, 0.2) is 0 Å². The summed E-state index contributed by atoms with van der Waals surface area (Å²) in [4.78, 5) is 9.87. The summed E-state index contributed by atoms with van der Waals surface area (Å²) in [5.41, 5.74) is 3.70. The quantitative estimate of drug-likeness (QED) is 0.472. The van der Waals surface area contributed by atoms with Crippen molar-refractivity contribution in [1.82, 2.24) is 0 Å². The van der Waals surface area contributed by atoms with Crippen molar-refractivity contribution in [2.45, 2.75) is 38.5 Å². The van der Waals surface area contributed by atoms with E-state index >= 15 is 0 Å². The summed E-state index contributed by atoms with van der Waals surface area (Å²) >= 11 is 0. The van der Waals surface area contributed by atoms with E-state index in [4.69, 9.17) is 4.52 Å². The van der Waals surface area contributed by atoms with Gasteiger partial charge in [0.2, 0.25) is 0 Å². The van der Waals surface area contributed by atoms with E-state index in [-0.39, 0.29) is 5.41 Å². The molecule has 0 aliphatic heterocycles. The highest BCUT2D eigenvalue weighted by molar-refractivity contribution is 7.52. The molecule has 0 heterocycles. The average molecular weight is 408 g/mol. The van der Waals surface area contributed by atoms with Crippen molar-refractivity contribution in [2.75, 3.05) is 6.66 Å². The second-order valence-corrected chi connectivity index (χ2v) is 10.4. The molecule has 0 fully saturated rings. The smallest absolute Gasteiger partial charge is 0.373 e. The fourth-order valence-electron chi connectivity index (χ4n) is 3.70. The maximum Gasteiger partial charge on any atom is 0.373 e. The molecule has 152 valence electrons. The van der Waals surface area contributed by atoms with Crippen LogP contribution in [-0.4, -0.2) is 11.6 Å². The van der Waals surface area contributed by atoms with Gasteiger partial charge in [0.25, 0.3) is 0 Å². The molecule has 1 N–H and O–H groups in total. The van der Waals surface area contributed by atoms with Crippen LogP contribution in [0.1, 0.15) is 49.9 Å². The van der Waals surface area contributed by atoms with Crippen molar-refractivity contribution in [3.05, 3.63) is 101 Å². The molecule has 0 aromatic heterocycles. The average Bonchev–Trinajstić information content (AvgIpc) is 2.68. The van der Waals surface area contributed by atoms with E-state index in [0.29, 0.717) is 5.75 Å². The molecule has 1 atom stereocenters. The lowest BCUT2D eigenvalue weighted by Crippen LogP contribution is -2.23. The second kappa shape index (κ2) is 7.82. The zero-order valence-corrected chi connectivity index (χ0v) is 18.6. The first-order valence-electron chi connectivity index (χ1n) is 9.78. The first kappa shape index (κ1) is 21.4. The molecule has 0 aliphatic carbocycles. The van der Waals surface area contributed by atoms with Crippen LogP contribution in [0.5, 0.6) is 5.75 Å². The van der Waals surface area contributed by atoms with Crippen molar-refractivity contribution >= 4 is 7.60 Å². The van der Waals surface area contributed by atoms with Crippen molar-refractivity contribution in [2.24, 2.45) is 0 Å². The second-order valence-electron chi connectivity index (χ2n) is 8.59. The van der Waals surface area contributed by atoms with Crippen LogP contribution < -0.4 is 4.52 Å². The fourth-order valence-corrected chi connectivity index (χ4v) is 4.23. The lowest BCUT2D eigenvalue weighted by Gasteiger charge is -2.32. The molecule has 4 heteroatoms. The van der Waals surface area contributed by atoms with E-state index in [1.807, 2.05) is 48.5 Å². The zero-order valence-electron chi connectivity index (χ0n) is 17.7. The third kappa shape index (κ3) is 4.63. The summed E-state index contributed by atoms with van der Waals surface area (Å²) in [5, 5.41) is 0. The Balaban J connectivity index is 2.18. The van der Waals surface area contributed by atoms with Gasteiger partial charge < -0.3 is 9.42 Å². The van der Waals surface area contributed by atoms with Crippen molar-refractivity contribution in [3.63, 3.8) is 0 Å². The monoisotopic (exact) mass is 408 g/mol. The fraction of sp³-hybridized carbons (Fsp3) is 0.280. The van der Waals surface area contributed by atoms with Gasteiger partial charge in [0, 0.05) is 23.1 Å². The van der Waals surface area contributed by atoms with Gasteiger partial charge in [-0.1, -0.05) is 100 Å². The largest absolute Gasteiger partial charge is 0.424 e. The summed E-state index contributed by atoms with van der Waals surface area (Å²) in [6.45, 7) is 9.82. The number of benzene rings is 3. The van der Waals surface area contributed by atoms with Crippen LogP contribution in [-0.2, 0) is 15.4 Å². The molecule has 3 aromatic carbocycles. The van der Waals surface area contributed by atoms with Crippen LogP contribution in [0.25, 0.3) is 0 Å². The summed E-state index contributed by atoms with van der Waals surface area (Å²) in [5.74, 6) is 0.444. The first-order valence-corrected chi connectivity index (χ1v) is 11.8. The lowest BCUT2D eigenvalue weighted by molar-refractivity contribution is 0.382. The van der Waals surface area contributed by atoms with E-state index < -0.39 is 13.0 Å². The molecule has 29 heavy (non-hydrogen) atoms. The van der Waals surface area contributed by atoms with Crippen LogP contribution in [0.15, 0.2) is 78.9 Å². The molecular weight excluding hydrogens is 379 g/mol. The maximum atomic E-state index is 12.0. The zero-order chi connectivity index (χ0) is 21.3. The predicted molar refractivity (Wildman–Crippen MR) is 120 cm³/mol. The Kier molecular flexibility index (Phi) is 5.76. The predicted octanol–water partition coefficient (Wildman–Crippen LogP) is 6.53. The number of hydrogen-bond acceptors (Lipinski definition) is 2. The topological polar surface area (TPSA) is 46.5 Å². The van der Waals surface area contributed by atoms with Gasteiger partial charge in [-0.15, -0.1) is 0 Å². The van der Waals surface area contributed by atoms with Crippen LogP contribution in [0.4, 0.5) is 0 Å². The standard InChI is InChI=1S/C25H29O3P/c1-24(2,19-12-8-6-9-13-19)21-16-17-23(28-29(5,26)27)22(18-21)25(3,4)20-14-10-7-11-15-20/h6-18H,1-5H3,(H,26,27). The molecule has 0 aliphatic rings. The van der Waals surface area contributed by atoms with Gasteiger partial charge in [0.1, 0.15) is 5.75 Å². The van der Waals surface area contributed by atoms with Gasteiger partial charge in [-0.25, -0.2) is 4.57 Å². The van der Waals surface area contributed by atoms with Crippen LogP contribution in [0, 0.1) is 0 Å². The van der Waals surface area contributed by atoms with E-state index in [0.717, 1.165) is 16.7 Å². The minimum atomic E-state index is -3.69. The Hall–Kier alpha value is -2.35. The van der Waals surface area contributed by atoms with Gasteiger partial charge >= 0.3 is 7.60 Å². The van der Waals surface area contributed by atoms with Crippen LogP contribution in [0.2, 0.25) is 0 Å². The molecular formula is C25H29O3P. The maximum absolute atomic E-state index is 12.0. The molecule has 0 radical (unpaired) electrons.